The van der Waals surface area contributed by atoms with Crippen molar-refractivity contribution in [3.05, 3.63) is 54.4 Å². The number of rotatable bonds is 2. The molecule has 1 aromatic carbocycles. The quantitative estimate of drug-likeness (QED) is 0.681. The first-order valence-electron chi connectivity index (χ1n) is 4.45. The minimum atomic E-state index is 0.563. The molecule has 0 aliphatic heterocycles. The number of hydrogen-bond donors (Lipinski definition) is 0. The molecule has 70 valence electrons. The van der Waals surface area contributed by atoms with Gasteiger partial charge in [0.1, 0.15) is 0 Å². The van der Waals surface area contributed by atoms with E-state index >= 15 is 0 Å². The van der Waals surface area contributed by atoms with Crippen LogP contribution in [0.25, 0.3) is 11.1 Å². The summed E-state index contributed by atoms with van der Waals surface area (Å²) in [5, 5.41) is 0. The van der Waals surface area contributed by atoms with Gasteiger partial charge >= 0.3 is 0 Å². The van der Waals surface area contributed by atoms with Crippen molar-refractivity contribution in [1.29, 1.82) is 0 Å². The molecule has 1 aromatic heterocycles. The van der Waals surface area contributed by atoms with Crippen LogP contribution >= 0.6 is 11.6 Å². The summed E-state index contributed by atoms with van der Waals surface area (Å²) in [6.07, 6.45) is 3.63. The Morgan fingerprint density at radius 1 is 1.00 bits per heavy atom. The molecule has 0 bridgehead atoms. The number of aromatic nitrogens is 1. The van der Waals surface area contributed by atoms with Crippen LogP contribution in [-0.4, -0.2) is 4.98 Å². The number of halogens is 1. The second kappa shape index (κ2) is 4.25. The zero-order chi connectivity index (χ0) is 9.80. The number of pyridine rings is 1. The molecule has 0 saturated carbocycles. The van der Waals surface area contributed by atoms with Crippen molar-refractivity contribution in [2.24, 2.45) is 0 Å². The Morgan fingerprint density at radius 2 is 1.79 bits per heavy atom. The molecule has 0 N–H and O–H groups in total. The number of alkyl halides is 1. The van der Waals surface area contributed by atoms with Crippen LogP contribution in [0.2, 0.25) is 0 Å². The van der Waals surface area contributed by atoms with Crippen LogP contribution < -0.4 is 0 Å². The van der Waals surface area contributed by atoms with E-state index in [9.17, 15) is 0 Å². The van der Waals surface area contributed by atoms with E-state index < -0.39 is 0 Å². The van der Waals surface area contributed by atoms with Gasteiger partial charge in [-0.2, -0.15) is 0 Å². The summed E-state index contributed by atoms with van der Waals surface area (Å²) in [4.78, 5) is 4.08. The average Bonchev–Trinajstić information content (AvgIpc) is 2.30. The molecule has 0 saturated heterocycles. The lowest BCUT2D eigenvalue weighted by Crippen LogP contribution is -1.80. The maximum Gasteiger partial charge on any atom is 0.0474 e. The molecule has 2 rings (SSSR count). The SMILES string of the molecule is ClCc1ccc(-c2cccnc2)cc1. The third kappa shape index (κ3) is 1.94. The lowest BCUT2D eigenvalue weighted by molar-refractivity contribution is 1.32. The summed E-state index contributed by atoms with van der Waals surface area (Å²) in [6.45, 7) is 0. The molecule has 0 aliphatic carbocycles. The standard InChI is InChI=1S/C12H10ClN/c13-8-10-3-5-11(6-4-10)12-2-1-7-14-9-12/h1-7,9H,8H2. The maximum atomic E-state index is 5.71. The molecule has 0 fully saturated rings. The second-order valence-electron chi connectivity index (χ2n) is 3.07. The number of benzene rings is 1. The van der Waals surface area contributed by atoms with Crippen molar-refractivity contribution < 1.29 is 0 Å². The molecule has 1 heterocycles. The predicted molar refractivity (Wildman–Crippen MR) is 59.2 cm³/mol. The Balaban J connectivity index is 2.34. The first-order valence-corrected chi connectivity index (χ1v) is 4.99. The molecular weight excluding hydrogens is 194 g/mol. The highest BCUT2D eigenvalue weighted by Gasteiger charge is 1.96. The molecular formula is C12H10ClN. The van der Waals surface area contributed by atoms with Gasteiger partial charge in [0.2, 0.25) is 0 Å². The average molecular weight is 204 g/mol. The molecule has 2 aromatic rings. The zero-order valence-electron chi connectivity index (χ0n) is 7.65. The molecule has 2 heteroatoms. The summed E-state index contributed by atoms with van der Waals surface area (Å²) in [6, 6.07) is 12.2. The fourth-order valence-corrected chi connectivity index (χ4v) is 1.50. The Kier molecular flexibility index (Phi) is 2.80. The highest BCUT2D eigenvalue weighted by Crippen LogP contribution is 2.18. The first kappa shape index (κ1) is 9.22. The third-order valence-electron chi connectivity index (χ3n) is 2.10. The lowest BCUT2D eigenvalue weighted by Gasteiger charge is -2.01. The van der Waals surface area contributed by atoms with E-state index in [4.69, 9.17) is 11.6 Å². The van der Waals surface area contributed by atoms with Gasteiger partial charge in [-0.1, -0.05) is 30.3 Å². The summed E-state index contributed by atoms with van der Waals surface area (Å²) >= 11 is 5.71. The molecule has 0 aliphatic rings. The Morgan fingerprint density at radius 3 is 2.36 bits per heavy atom. The van der Waals surface area contributed by atoms with Gasteiger partial charge in [0, 0.05) is 18.3 Å². The van der Waals surface area contributed by atoms with Crippen LogP contribution in [0.4, 0.5) is 0 Å². The lowest BCUT2D eigenvalue weighted by atomic mass is 10.1. The summed E-state index contributed by atoms with van der Waals surface area (Å²) in [5.74, 6) is 0.563. The molecule has 14 heavy (non-hydrogen) atoms. The Labute approximate surface area is 88.4 Å². The summed E-state index contributed by atoms with van der Waals surface area (Å²) in [5.41, 5.74) is 3.44. The van der Waals surface area contributed by atoms with Gasteiger partial charge in [-0.15, -0.1) is 11.6 Å². The van der Waals surface area contributed by atoms with E-state index in [0.717, 1.165) is 11.1 Å². The monoisotopic (exact) mass is 203 g/mol. The van der Waals surface area contributed by atoms with Gasteiger partial charge in [0.15, 0.2) is 0 Å². The fraction of sp³-hybridized carbons (Fsp3) is 0.0833. The second-order valence-corrected chi connectivity index (χ2v) is 3.34. The summed E-state index contributed by atoms with van der Waals surface area (Å²) < 4.78 is 0. The third-order valence-corrected chi connectivity index (χ3v) is 2.41. The largest absolute Gasteiger partial charge is 0.264 e. The molecule has 0 unspecified atom stereocenters. The van der Waals surface area contributed by atoms with Crippen LogP contribution in [0.5, 0.6) is 0 Å². The molecule has 1 nitrogen and oxygen atoms in total. The molecule has 0 amide bonds. The van der Waals surface area contributed by atoms with Crippen molar-refractivity contribution in [1.82, 2.24) is 4.98 Å². The van der Waals surface area contributed by atoms with E-state index in [2.05, 4.69) is 17.1 Å². The topological polar surface area (TPSA) is 12.9 Å². The van der Waals surface area contributed by atoms with E-state index in [1.54, 1.807) is 6.20 Å². The number of hydrogen-bond acceptors (Lipinski definition) is 1. The molecule has 0 atom stereocenters. The molecule has 0 spiro atoms. The van der Waals surface area contributed by atoms with E-state index in [1.807, 2.05) is 30.5 Å². The van der Waals surface area contributed by atoms with Crippen molar-refractivity contribution in [3.63, 3.8) is 0 Å². The van der Waals surface area contributed by atoms with Crippen molar-refractivity contribution in [3.8, 4) is 11.1 Å². The summed E-state index contributed by atoms with van der Waals surface area (Å²) in [7, 11) is 0. The highest BCUT2D eigenvalue weighted by molar-refractivity contribution is 6.17. The normalized spacial score (nSPS) is 10.1. The predicted octanol–water partition coefficient (Wildman–Crippen LogP) is 3.49. The van der Waals surface area contributed by atoms with E-state index in [-0.39, 0.29) is 0 Å². The van der Waals surface area contributed by atoms with Crippen LogP contribution in [0.3, 0.4) is 0 Å². The van der Waals surface area contributed by atoms with E-state index in [0.29, 0.717) is 5.88 Å². The Bertz CT molecular complexity index is 394. The van der Waals surface area contributed by atoms with Crippen molar-refractivity contribution >= 4 is 11.6 Å². The minimum Gasteiger partial charge on any atom is -0.264 e. The van der Waals surface area contributed by atoms with Crippen LogP contribution in [0, 0.1) is 0 Å². The van der Waals surface area contributed by atoms with Gasteiger partial charge in [0.25, 0.3) is 0 Å². The van der Waals surface area contributed by atoms with Crippen molar-refractivity contribution in [2.45, 2.75) is 5.88 Å². The van der Waals surface area contributed by atoms with Gasteiger partial charge in [-0.3, -0.25) is 4.98 Å². The first-order chi connectivity index (χ1) is 6.90. The zero-order valence-corrected chi connectivity index (χ0v) is 8.41. The fourth-order valence-electron chi connectivity index (χ4n) is 1.32. The van der Waals surface area contributed by atoms with Crippen LogP contribution in [0.15, 0.2) is 48.8 Å². The highest BCUT2D eigenvalue weighted by atomic mass is 35.5. The van der Waals surface area contributed by atoms with Crippen molar-refractivity contribution in [2.75, 3.05) is 0 Å². The minimum absolute atomic E-state index is 0.563. The van der Waals surface area contributed by atoms with Crippen LogP contribution in [0.1, 0.15) is 5.56 Å². The smallest absolute Gasteiger partial charge is 0.0474 e. The van der Waals surface area contributed by atoms with Gasteiger partial charge < -0.3 is 0 Å². The maximum absolute atomic E-state index is 5.71. The number of nitrogens with zero attached hydrogens (tertiary/aromatic N) is 1. The van der Waals surface area contributed by atoms with Gasteiger partial charge in [-0.25, -0.2) is 0 Å². The Hall–Kier alpha value is -1.34. The van der Waals surface area contributed by atoms with Crippen LogP contribution in [-0.2, 0) is 5.88 Å². The van der Waals surface area contributed by atoms with Gasteiger partial charge in [0.05, 0.1) is 0 Å². The van der Waals surface area contributed by atoms with E-state index in [1.165, 1.54) is 5.56 Å². The molecule has 0 radical (unpaired) electrons. The van der Waals surface area contributed by atoms with Gasteiger partial charge in [-0.05, 0) is 22.8 Å².